The van der Waals surface area contributed by atoms with E-state index < -0.39 is 0 Å². The van der Waals surface area contributed by atoms with E-state index in [1.807, 2.05) is 0 Å². The molecule has 2 nitrogen and oxygen atoms in total. The normalized spacial score (nSPS) is 31.4. The molecule has 0 spiro atoms. The van der Waals surface area contributed by atoms with Gasteiger partial charge in [0.05, 0.1) is 0 Å². The number of hydrogen-bond acceptors (Lipinski definition) is 2. The zero-order chi connectivity index (χ0) is 12.6. The zero-order valence-corrected chi connectivity index (χ0v) is 11.6. The third-order valence-corrected chi connectivity index (χ3v) is 4.43. The van der Waals surface area contributed by atoms with Gasteiger partial charge in [0.25, 0.3) is 0 Å². The molecule has 1 aromatic rings. The van der Waals surface area contributed by atoms with Crippen molar-refractivity contribution in [3.63, 3.8) is 0 Å². The van der Waals surface area contributed by atoms with E-state index in [2.05, 4.69) is 48.3 Å². The van der Waals surface area contributed by atoms with Crippen molar-refractivity contribution in [3.8, 4) is 0 Å². The van der Waals surface area contributed by atoms with Crippen molar-refractivity contribution >= 4 is 5.69 Å². The first kappa shape index (κ1) is 12.0. The second-order valence-electron chi connectivity index (χ2n) is 6.41. The van der Waals surface area contributed by atoms with Crippen molar-refractivity contribution in [3.05, 3.63) is 29.8 Å². The summed E-state index contributed by atoms with van der Waals surface area (Å²) in [5, 5.41) is 3.68. The summed E-state index contributed by atoms with van der Waals surface area (Å²) in [5.41, 5.74) is 3.30. The van der Waals surface area contributed by atoms with Crippen LogP contribution in [0.15, 0.2) is 24.3 Å². The maximum atomic E-state index is 3.68. The van der Waals surface area contributed by atoms with Crippen molar-refractivity contribution < 1.29 is 0 Å². The van der Waals surface area contributed by atoms with Crippen LogP contribution in [0.5, 0.6) is 0 Å². The predicted octanol–water partition coefficient (Wildman–Crippen LogP) is 2.83. The molecular weight excluding hydrogens is 220 g/mol. The van der Waals surface area contributed by atoms with E-state index in [9.17, 15) is 0 Å². The first-order valence-electron chi connectivity index (χ1n) is 7.24. The lowest BCUT2D eigenvalue weighted by Gasteiger charge is -2.40. The molecule has 98 valence electrons. The fraction of sp³-hybridized carbons (Fsp3) is 0.625. The van der Waals surface area contributed by atoms with Crippen LogP contribution in [0.1, 0.15) is 32.3 Å². The molecule has 2 aliphatic rings. The largest absolute Gasteiger partial charge is 0.369 e. The Bertz CT molecular complexity index is 421. The summed E-state index contributed by atoms with van der Waals surface area (Å²) in [5.74, 6) is 0.768. The van der Waals surface area contributed by atoms with Gasteiger partial charge in [0.1, 0.15) is 0 Å². The van der Waals surface area contributed by atoms with Crippen molar-refractivity contribution in [1.29, 1.82) is 0 Å². The van der Waals surface area contributed by atoms with E-state index in [-0.39, 0.29) is 0 Å². The summed E-state index contributed by atoms with van der Waals surface area (Å²) < 4.78 is 0. The van der Waals surface area contributed by atoms with E-state index in [0.29, 0.717) is 5.54 Å². The lowest BCUT2D eigenvalue weighted by Crippen LogP contribution is -2.50. The van der Waals surface area contributed by atoms with E-state index in [1.165, 1.54) is 43.6 Å². The monoisotopic (exact) mass is 244 g/mol. The Hall–Kier alpha value is -1.02. The van der Waals surface area contributed by atoms with Gasteiger partial charge in [-0.2, -0.15) is 0 Å². The fourth-order valence-electron chi connectivity index (χ4n) is 3.57. The Morgan fingerprint density at radius 2 is 2.22 bits per heavy atom. The summed E-state index contributed by atoms with van der Waals surface area (Å²) in [7, 11) is 0. The second-order valence-corrected chi connectivity index (χ2v) is 6.41. The molecule has 18 heavy (non-hydrogen) atoms. The molecule has 2 atom stereocenters. The fourth-order valence-corrected chi connectivity index (χ4v) is 3.57. The van der Waals surface area contributed by atoms with Crippen LogP contribution in [0, 0.1) is 5.92 Å². The predicted molar refractivity (Wildman–Crippen MR) is 77.2 cm³/mol. The summed E-state index contributed by atoms with van der Waals surface area (Å²) in [6.07, 6.45) is 3.86. The van der Waals surface area contributed by atoms with Crippen LogP contribution in [0.2, 0.25) is 0 Å². The highest BCUT2D eigenvalue weighted by atomic mass is 15.2. The van der Waals surface area contributed by atoms with Gasteiger partial charge in [0.2, 0.25) is 0 Å². The maximum Gasteiger partial charge on any atom is 0.0399 e. The molecule has 2 heterocycles. The number of nitrogens with zero attached hydrogens (tertiary/aromatic N) is 1. The van der Waals surface area contributed by atoms with Gasteiger partial charge >= 0.3 is 0 Å². The number of rotatable bonds is 2. The highest BCUT2D eigenvalue weighted by Gasteiger charge is 2.32. The number of hydrogen-bond donors (Lipinski definition) is 1. The Labute approximate surface area is 110 Å². The molecule has 0 radical (unpaired) electrons. The van der Waals surface area contributed by atoms with Crippen LogP contribution in [0.25, 0.3) is 0 Å². The molecule has 1 N–H and O–H groups in total. The van der Waals surface area contributed by atoms with Crippen LogP contribution < -0.4 is 10.2 Å². The van der Waals surface area contributed by atoms with Crippen molar-refractivity contribution in [2.24, 2.45) is 5.92 Å². The average molecular weight is 244 g/mol. The molecule has 0 bridgehead atoms. The first-order valence-corrected chi connectivity index (χ1v) is 7.24. The van der Waals surface area contributed by atoms with Gasteiger partial charge in [-0.05, 0) is 50.3 Å². The van der Waals surface area contributed by atoms with Crippen molar-refractivity contribution in [2.75, 3.05) is 24.5 Å². The molecule has 2 unspecified atom stereocenters. The standard InChI is InChI=1S/C16H24N2/c1-13-10-14-6-3-4-7-15(14)18(11-13)12-16(2)8-5-9-17-16/h3-4,6-7,13,17H,5,8-12H2,1-2H3. The Morgan fingerprint density at radius 1 is 1.39 bits per heavy atom. The van der Waals surface area contributed by atoms with Gasteiger partial charge in [-0.1, -0.05) is 25.1 Å². The van der Waals surface area contributed by atoms with Crippen LogP contribution >= 0.6 is 0 Å². The molecule has 1 aromatic carbocycles. The van der Waals surface area contributed by atoms with Gasteiger partial charge in [0.15, 0.2) is 0 Å². The number of benzene rings is 1. The van der Waals surface area contributed by atoms with E-state index in [4.69, 9.17) is 0 Å². The summed E-state index contributed by atoms with van der Waals surface area (Å²) in [6.45, 7) is 8.28. The van der Waals surface area contributed by atoms with Gasteiger partial charge < -0.3 is 10.2 Å². The Balaban J connectivity index is 1.84. The quantitative estimate of drug-likeness (QED) is 0.860. The van der Waals surface area contributed by atoms with Crippen molar-refractivity contribution in [1.82, 2.24) is 5.32 Å². The molecular formula is C16H24N2. The number of para-hydroxylation sites is 1. The van der Waals surface area contributed by atoms with Gasteiger partial charge in [-0.25, -0.2) is 0 Å². The van der Waals surface area contributed by atoms with Crippen LogP contribution in [0.3, 0.4) is 0 Å². The lowest BCUT2D eigenvalue weighted by atomic mass is 9.91. The summed E-state index contributed by atoms with van der Waals surface area (Å²) in [4.78, 5) is 2.60. The van der Waals surface area contributed by atoms with Crippen LogP contribution in [-0.4, -0.2) is 25.2 Å². The number of fused-ring (bicyclic) bond motifs is 1. The Morgan fingerprint density at radius 3 is 3.00 bits per heavy atom. The summed E-state index contributed by atoms with van der Waals surface area (Å²) in [6, 6.07) is 8.93. The first-order chi connectivity index (χ1) is 8.66. The van der Waals surface area contributed by atoms with E-state index in [0.717, 1.165) is 12.5 Å². The third kappa shape index (κ3) is 2.26. The lowest BCUT2D eigenvalue weighted by molar-refractivity contribution is 0.393. The number of anilines is 1. The topological polar surface area (TPSA) is 15.3 Å². The van der Waals surface area contributed by atoms with Gasteiger partial charge in [-0.3, -0.25) is 0 Å². The molecule has 0 amide bonds. The molecule has 0 aromatic heterocycles. The summed E-state index contributed by atoms with van der Waals surface area (Å²) >= 11 is 0. The average Bonchev–Trinajstić information content (AvgIpc) is 2.75. The van der Waals surface area contributed by atoms with Crippen molar-refractivity contribution in [2.45, 2.75) is 38.6 Å². The minimum absolute atomic E-state index is 0.310. The van der Waals surface area contributed by atoms with Crippen LogP contribution in [-0.2, 0) is 6.42 Å². The smallest absolute Gasteiger partial charge is 0.0399 e. The highest BCUT2D eigenvalue weighted by Crippen LogP contribution is 2.32. The van der Waals surface area contributed by atoms with E-state index >= 15 is 0 Å². The van der Waals surface area contributed by atoms with Gasteiger partial charge in [-0.15, -0.1) is 0 Å². The zero-order valence-electron chi connectivity index (χ0n) is 11.6. The SMILES string of the molecule is CC1Cc2ccccc2N(CC2(C)CCCN2)C1. The minimum atomic E-state index is 0.310. The van der Waals surface area contributed by atoms with Gasteiger partial charge in [0, 0.05) is 24.3 Å². The minimum Gasteiger partial charge on any atom is -0.369 e. The second kappa shape index (κ2) is 4.58. The molecule has 2 heteroatoms. The van der Waals surface area contributed by atoms with Crippen LogP contribution in [0.4, 0.5) is 5.69 Å². The Kier molecular flexibility index (Phi) is 3.06. The third-order valence-electron chi connectivity index (χ3n) is 4.43. The molecule has 1 fully saturated rings. The molecule has 3 rings (SSSR count). The highest BCUT2D eigenvalue weighted by molar-refractivity contribution is 5.56. The molecule has 0 saturated carbocycles. The molecule has 1 saturated heterocycles. The van der Waals surface area contributed by atoms with E-state index in [1.54, 1.807) is 0 Å². The maximum absolute atomic E-state index is 3.68. The molecule has 0 aliphatic carbocycles. The number of nitrogens with one attached hydrogen (secondary N) is 1. The molecule has 2 aliphatic heterocycles.